The first-order chi connectivity index (χ1) is 9.88. The van der Waals surface area contributed by atoms with Gasteiger partial charge >= 0.3 is 0 Å². The molecule has 1 heterocycles. The van der Waals surface area contributed by atoms with Gasteiger partial charge in [-0.25, -0.2) is 4.98 Å². The largest absolute Gasteiger partial charge is 0.363 e. The summed E-state index contributed by atoms with van der Waals surface area (Å²) in [5, 5.41) is 6.69. The Bertz CT molecular complexity index is 477. The molecule has 0 spiro atoms. The van der Waals surface area contributed by atoms with E-state index in [2.05, 4.69) is 46.8 Å². The number of anilines is 1. The van der Waals surface area contributed by atoms with Crippen molar-refractivity contribution in [3.8, 4) is 0 Å². The highest BCUT2D eigenvalue weighted by Gasteiger charge is 2.16. The Balaban J connectivity index is 0.00000441. The van der Waals surface area contributed by atoms with Gasteiger partial charge < -0.3 is 15.5 Å². The Morgan fingerprint density at radius 2 is 2.05 bits per heavy atom. The minimum atomic E-state index is 0. The number of hydrogen-bond acceptors (Lipinski definition) is 4. The number of guanidine groups is 1. The first-order valence-corrected chi connectivity index (χ1v) is 8.22. The second-order valence-electron chi connectivity index (χ2n) is 5.66. The van der Waals surface area contributed by atoms with Gasteiger partial charge in [0.2, 0.25) is 0 Å². The Kier molecular flexibility index (Phi) is 9.82. The van der Waals surface area contributed by atoms with Crippen LogP contribution >= 0.6 is 35.7 Å². The van der Waals surface area contributed by atoms with Crippen LogP contribution in [0.15, 0.2) is 23.3 Å². The summed E-state index contributed by atoms with van der Waals surface area (Å²) in [7, 11) is 5.77. The molecule has 0 aromatic carbocycles. The van der Waals surface area contributed by atoms with Crippen LogP contribution in [0.25, 0.3) is 0 Å². The molecule has 1 rings (SSSR count). The zero-order valence-corrected chi connectivity index (χ0v) is 17.5. The van der Waals surface area contributed by atoms with Gasteiger partial charge in [-0.1, -0.05) is 0 Å². The maximum atomic E-state index is 4.32. The van der Waals surface area contributed by atoms with Crippen LogP contribution in [0.2, 0.25) is 0 Å². The third kappa shape index (κ3) is 7.53. The van der Waals surface area contributed by atoms with E-state index in [0.29, 0.717) is 0 Å². The van der Waals surface area contributed by atoms with Crippen LogP contribution in [-0.4, -0.2) is 49.6 Å². The molecule has 126 valence electrons. The summed E-state index contributed by atoms with van der Waals surface area (Å²) in [6.07, 6.45) is 3.96. The number of thioether (sulfide) groups is 1. The molecule has 0 bridgehead atoms. The summed E-state index contributed by atoms with van der Waals surface area (Å²) >= 11 is 1.84. The zero-order valence-electron chi connectivity index (χ0n) is 14.3. The number of aliphatic imine (C=N–C) groups is 1. The molecule has 0 aliphatic heterocycles. The topological polar surface area (TPSA) is 52.6 Å². The van der Waals surface area contributed by atoms with E-state index in [1.165, 1.54) is 5.56 Å². The van der Waals surface area contributed by atoms with Crippen LogP contribution in [-0.2, 0) is 6.54 Å². The lowest BCUT2D eigenvalue weighted by molar-refractivity contribution is 0.664. The molecule has 1 aromatic rings. The number of rotatable bonds is 6. The van der Waals surface area contributed by atoms with Gasteiger partial charge in [0.1, 0.15) is 5.82 Å². The van der Waals surface area contributed by atoms with Gasteiger partial charge in [0.15, 0.2) is 5.96 Å². The van der Waals surface area contributed by atoms with Crippen LogP contribution in [0.3, 0.4) is 0 Å². The fraction of sp³-hybridized carbons (Fsp3) is 0.600. The molecule has 5 nitrogen and oxygen atoms in total. The number of pyridine rings is 1. The summed E-state index contributed by atoms with van der Waals surface area (Å²) in [5.41, 5.74) is 1.18. The summed E-state index contributed by atoms with van der Waals surface area (Å²) in [6.45, 7) is 6.02. The maximum Gasteiger partial charge on any atom is 0.191 e. The van der Waals surface area contributed by atoms with Crippen molar-refractivity contribution in [1.82, 2.24) is 15.6 Å². The molecular weight excluding hydrogens is 409 g/mol. The molecule has 0 amide bonds. The van der Waals surface area contributed by atoms with Gasteiger partial charge in [0, 0.05) is 45.2 Å². The van der Waals surface area contributed by atoms with Crippen LogP contribution in [0.1, 0.15) is 19.4 Å². The summed E-state index contributed by atoms with van der Waals surface area (Å²) in [4.78, 5) is 10.6. The fourth-order valence-electron chi connectivity index (χ4n) is 1.59. The first kappa shape index (κ1) is 21.3. The second-order valence-corrected chi connectivity index (χ2v) is 7.17. The van der Waals surface area contributed by atoms with Crippen molar-refractivity contribution < 1.29 is 0 Å². The molecule has 2 N–H and O–H groups in total. The lowest BCUT2D eigenvalue weighted by Gasteiger charge is -2.23. The van der Waals surface area contributed by atoms with Crippen molar-refractivity contribution in [2.24, 2.45) is 4.99 Å². The Hall–Kier alpha value is -0.700. The number of hydrogen-bond donors (Lipinski definition) is 2. The monoisotopic (exact) mass is 437 g/mol. The third-order valence-corrected chi connectivity index (χ3v) is 4.44. The van der Waals surface area contributed by atoms with Crippen LogP contribution in [0.5, 0.6) is 0 Å². The van der Waals surface area contributed by atoms with Gasteiger partial charge in [-0.05, 0) is 37.8 Å². The summed E-state index contributed by atoms with van der Waals surface area (Å²) in [5.74, 6) is 1.78. The highest BCUT2D eigenvalue weighted by atomic mass is 127. The SMILES string of the molecule is CN=C(NCc1ccnc(N(C)C)c1)NCC(C)(C)SC.I. The van der Waals surface area contributed by atoms with Crippen LogP contribution < -0.4 is 15.5 Å². The van der Waals surface area contributed by atoms with Crippen molar-refractivity contribution in [3.63, 3.8) is 0 Å². The second kappa shape index (κ2) is 10.1. The van der Waals surface area contributed by atoms with E-state index in [0.717, 1.165) is 24.9 Å². The molecular formula is C15H28IN5S. The number of aromatic nitrogens is 1. The van der Waals surface area contributed by atoms with Crippen LogP contribution in [0.4, 0.5) is 5.82 Å². The van der Waals surface area contributed by atoms with Gasteiger partial charge in [0.25, 0.3) is 0 Å². The van der Waals surface area contributed by atoms with E-state index < -0.39 is 0 Å². The summed E-state index contributed by atoms with van der Waals surface area (Å²) < 4.78 is 0.187. The first-order valence-electron chi connectivity index (χ1n) is 7.00. The molecule has 0 saturated carbocycles. The van der Waals surface area contributed by atoms with Gasteiger partial charge in [-0.2, -0.15) is 11.8 Å². The van der Waals surface area contributed by atoms with E-state index in [-0.39, 0.29) is 28.7 Å². The Morgan fingerprint density at radius 3 is 2.59 bits per heavy atom. The number of nitrogens with one attached hydrogen (secondary N) is 2. The highest BCUT2D eigenvalue weighted by Crippen LogP contribution is 2.19. The van der Waals surface area contributed by atoms with Crippen LogP contribution in [0, 0.1) is 0 Å². The molecule has 0 radical (unpaired) electrons. The predicted octanol–water partition coefficient (Wildman–Crippen LogP) is 2.57. The summed E-state index contributed by atoms with van der Waals surface area (Å²) in [6, 6.07) is 4.09. The smallest absolute Gasteiger partial charge is 0.191 e. The normalized spacial score (nSPS) is 11.6. The zero-order chi connectivity index (χ0) is 15.9. The highest BCUT2D eigenvalue weighted by molar-refractivity contribution is 14.0. The standard InChI is InChI=1S/C15H27N5S.HI/c1-15(2,21-6)11-19-14(16-3)18-10-12-7-8-17-13(9-12)20(4)5;/h7-9H,10-11H2,1-6H3,(H2,16,18,19);1H. The lowest BCUT2D eigenvalue weighted by atomic mass is 10.2. The van der Waals surface area contributed by atoms with E-state index in [9.17, 15) is 0 Å². The van der Waals surface area contributed by atoms with Crippen molar-refractivity contribution >= 4 is 47.5 Å². The minimum Gasteiger partial charge on any atom is -0.363 e. The van der Waals surface area contributed by atoms with Gasteiger partial charge in [-0.3, -0.25) is 4.99 Å². The molecule has 0 unspecified atom stereocenters. The van der Waals surface area contributed by atoms with Gasteiger partial charge in [-0.15, -0.1) is 24.0 Å². The Morgan fingerprint density at radius 1 is 1.36 bits per heavy atom. The van der Waals surface area contributed by atoms with Crippen molar-refractivity contribution in [2.45, 2.75) is 25.1 Å². The van der Waals surface area contributed by atoms with Gasteiger partial charge in [0.05, 0.1) is 0 Å². The molecule has 0 aliphatic rings. The fourth-order valence-corrected chi connectivity index (χ4v) is 1.81. The average molecular weight is 437 g/mol. The third-order valence-electron chi connectivity index (χ3n) is 3.19. The molecule has 7 heteroatoms. The number of nitrogens with zero attached hydrogens (tertiary/aromatic N) is 3. The lowest BCUT2D eigenvalue weighted by Crippen LogP contribution is -2.43. The van der Waals surface area contributed by atoms with E-state index in [1.807, 2.05) is 43.0 Å². The number of halogens is 1. The molecule has 1 aromatic heterocycles. The van der Waals surface area contributed by atoms with E-state index in [1.54, 1.807) is 7.05 Å². The maximum absolute atomic E-state index is 4.32. The van der Waals surface area contributed by atoms with Crippen molar-refractivity contribution in [1.29, 1.82) is 0 Å². The predicted molar refractivity (Wildman–Crippen MR) is 110 cm³/mol. The quantitative estimate of drug-likeness (QED) is 0.407. The van der Waals surface area contributed by atoms with E-state index >= 15 is 0 Å². The Labute approximate surface area is 155 Å². The molecule has 22 heavy (non-hydrogen) atoms. The van der Waals surface area contributed by atoms with Crippen molar-refractivity contribution in [2.75, 3.05) is 38.8 Å². The minimum absolute atomic E-state index is 0. The van der Waals surface area contributed by atoms with Crippen molar-refractivity contribution in [3.05, 3.63) is 23.9 Å². The molecule has 0 fully saturated rings. The van der Waals surface area contributed by atoms with E-state index in [4.69, 9.17) is 0 Å². The molecule has 0 saturated heterocycles. The molecule has 0 aliphatic carbocycles. The molecule has 0 atom stereocenters. The average Bonchev–Trinajstić information content (AvgIpc) is 2.47.